The Kier molecular flexibility index (Phi) is 7.02. The topological polar surface area (TPSA) is 35.2 Å². The van der Waals surface area contributed by atoms with Gasteiger partial charge in [-0.2, -0.15) is 0 Å². The maximum atomic E-state index is 6.22. The monoisotopic (exact) mass is 289 g/mol. The third-order valence-electron chi connectivity index (χ3n) is 2.93. The minimum Gasteiger partial charge on any atom is -0.377 e. The lowest BCUT2D eigenvalue weighted by atomic mass is 9.99. The van der Waals surface area contributed by atoms with E-state index in [0.717, 1.165) is 18.4 Å². The van der Waals surface area contributed by atoms with E-state index in [2.05, 4.69) is 6.92 Å². The van der Waals surface area contributed by atoms with Crippen molar-refractivity contribution in [3.8, 4) is 0 Å². The van der Waals surface area contributed by atoms with E-state index in [-0.39, 0.29) is 12.1 Å². The molecular formula is C14H21Cl2NO. The molecule has 0 fully saturated rings. The molecule has 1 aromatic carbocycles. The summed E-state index contributed by atoms with van der Waals surface area (Å²) in [6.07, 6.45) is 2.71. The predicted octanol–water partition coefficient (Wildman–Crippen LogP) is 4.07. The maximum Gasteiger partial charge on any atom is 0.0728 e. The van der Waals surface area contributed by atoms with Crippen LogP contribution >= 0.6 is 23.2 Å². The van der Waals surface area contributed by atoms with Crippen LogP contribution in [0.3, 0.4) is 0 Å². The molecular weight excluding hydrogens is 269 g/mol. The average Bonchev–Trinajstić information content (AvgIpc) is 2.33. The van der Waals surface area contributed by atoms with Crippen molar-refractivity contribution in [1.29, 1.82) is 0 Å². The number of rotatable bonds is 7. The summed E-state index contributed by atoms with van der Waals surface area (Å²) in [4.78, 5) is 0. The molecule has 2 nitrogen and oxygen atoms in total. The lowest BCUT2D eigenvalue weighted by Crippen LogP contribution is -2.38. The fraction of sp³-hybridized carbons (Fsp3) is 0.571. The summed E-state index contributed by atoms with van der Waals surface area (Å²) in [5, 5.41) is 1.34. The molecule has 0 aliphatic heterocycles. The van der Waals surface area contributed by atoms with Crippen LogP contribution in [0.15, 0.2) is 18.2 Å². The van der Waals surface area contributed by atoms with Gasteiger partial charge in [-0.15, -0.1) is 0 Å². The van der Waals surface area contributed by atoms with E-state index in [4.69, 9.17) is 33.7 Å². The average molecular weight is 290 g/mol. The van der Waals surface area contributed by atoms with Gasteiger partial charge in [0, 0.05) is 22.7 Å². The zero-order valence-corrected chi connectivity index (χ0v) is 12.5. The molecule has 0 saturated heterocycles. The summed E-state index contributed by atoms with van der Waals surface area (Å²) in [6.45, 7) is 4.79. The molecule has 0 amide bonds. The minimum atomic E-state index is -0.0812. The summed E-state index contributed by atoms with van der Waals surface area (Å²) in [6, 6.07) is 5.43. The molecule has 0 heterocycles. The number of nitrogens with two attached hydrogens (primary N) is 1. The fourth-order valence-corrected chi connectivity index (χ4v) is 2.57. The van der Waals surface area contributed by atoms with E-state index in [9.17, 15) is 0 Å². The molecule has 1 aromatic rings. The van der Waals surface area contributed by atoms with Crippen LogP contribution in [-0.4, -0.2) is 18.8 Å². The van der Waals surface area contributed by atoms with E-state index in [0.29, 0.717) is 23.1 Å². The van der Waals surface area contributed by atoms with E-state index in [1.165, 1.54) is 0 Å². The van der Waals surface area contributed by atoms with Gasteiger partial charge in [0.25, 0.3) is 0 Å². The highest BCUT2D eigenvalue weighted by molar-refractivity contribution is 6.35. The Morgan fingerprint density at radius 1 is 1.22 bits per heavy atom. The van der Waals surface area contributed by atoms with Gasteiger partial charge in [-0.3, -0.25) is 0 Å². The van der Waals surface area contributed by atoms with E-state index < -0.39 is 0 Å². The van der Waals surface area contributed by atoms with Crippen LogP contribution in [0.25, 0.3) is 0 Å². The number of hydrogen-bond donors (Lipinski definition) is 1. The molecule has 0 aliphatic rings. The molecule has 0 aromatic heterocycles. The first-order chi connectivity index (χ1) is 8.60. The molecule has 2 unspecified atom stereocenters. The second-order valence-electron chi connectivity index (χ2n) is 4.35. The highest BCUT2D eigenvalue weighted by Gasteiger charge is 2.19. The Hall–Kier alpha value is -0.280. The lowest BCUT2D eigenvalue weighted by molar-refractivity contribution is 0.0378. The van der Waals surface area contributed by atoms with Crippen LogP contribution in [0, 0.1) is 0 Å². The van der Waals surface area contributed by atoms with Crippen molar-refractivity contribution >= 4 is 23.2 Å². The van der Waals surface area contributed by atoms with Gasteiger partial charge in [0.05, 0.1) is 6.10 Å². The summed E-state index contributed by atoms with van der Waals surface area (Å²) in [7, 11) is 0. The Balaban J connectivity index is 2.75. The minimum absolute atomic E-state index is 0.0624. The van der Waals surface area contributed by atoms with Gasteiger partial charge in [-0.05, 0) is 37.5 Å². The Morgan fingerprint density at radius 2 is 1.83 bits per heavy atom. The van der Waals surface area contributed by atoms with Crippen LogP contribution in [-0.2, 0) is 11.2 Å². The normalized spacial score (nSPS) is 14.5. The zero-order chi connectivity index (χ0) is 13.5. The quantitative estimate of drug-likeness (QED) is 0.821. The third-order valence-corrected chi connectivity index (χ3v) is 3.64. The van der Waals surface area contributed by atoms with Crippen molar-refractivity contribution in [1.82, 2.24) is 0 Å². The summed E-state index contributed by atoms with van der Waals surface area (Å²) in [5.74, 6) is 0. The first-order valence-electron chi connectivity index (χ1n) is 6.40. The van der Waals surface area contributed by atoms with Crippen LogP contribution in [0.2, 0.25) is 10.0 Å². The molecule has 2 N–H and O–H groups in total. The fourth-order valence-electron chi connectivity index (χ4n) is 2.01. The predicted molar refractivity (Wildman–Crippen MR) is 78.5 cm³/mol. The summed E-state index contributed by atoms with van der Waals surface area (Å²) >= 11 is 12.3. The van der Waals surface area contributed by atoms with Crippen molar-refractivity contribution in [2.45, 2.75) is 45.3 Å². The Morgan fingerprint density at radius 3 is 2.33 bits per heavy atom. The van der Waals surface area contributed by atoms with Gasteiger partial charge in [0.1, 0.15) is 0 Å². The standard InChI is InChI=1S/C14H21Cl2NO/c1-3-6-14(18-4-2)13(17)9-10-11(15)7-5-8-12(10)16/h5,7-8,13-14H,3-4,6,9,17H2,1-2H3. The molecule has 0 spiro atoms. The number of benzene rings is 1. The smallest absolute Gasteiger partial charge is 0.0728 e. The second-order valence-corrected chi connectivity index (χ2v) is 5.17. The van der Waals surface area contributed by atoms with Crippen LogP contribution < -0.4 is 5.73 Å². The van der Waals surface area contributed by atoms with E-state index in [1.54, 1.807) is 0 Å². The van der Waals surface area contributed by atoms with Crippen LogP contribution in [0.4, 0.5) is 0 Å². The van der Waals surface area contributed by atoms with E-state index >= 15 is 0 Å². The Labute approximate surface area is 119 Å². The molecule has 0 bridgehead atoms. The molecule has 0 saturated carbocycles. The van der Waals surface area contributed by atoms with Gasteiger partial charge in [-0.1, -0.05) is 42.6 Å². The van der Waals surface area contributed by atoms with Crippen LogP contribution in [0.5, 0.6) is 0 Å². The van der Waals surface area contributed by atoms with Crippen molar-refractivity contribution in [3.63, 3.8) is 0 Å². The van der Waals surface area contributed by atoms with E-state index in [1.807, 2.05) is 25.1 Å². The third kappa shape index (κ3) is 4.43. The number of halogens is 2. The molecule has 1 rings (SSSR count). The molecule has 102 valence electrons. The molecule has 2 atom stereocenters. The second kappa shape index (κ2) is 8.00. The Bertz CT molecular complexity index is 345. The highest BCUT2D eigenvalue weighted by atomic mass is 35.5. The zero-order valence-electron chi connectivity index (χ0n) is 11.0. The highest BCUT2D eigenvalue weighted by Crippen LogP contribution is 2.26. The summed E-state index contributed by atoms with van der Waals surface area (Å²) < 4.78 is 5.68. The first kappa shape index (κ1) is 15.8. The molecule has 18 heavy (non-hydrogen) atoms. The SMILES string of the molecule is CCCC(OCC)C(N)Cc1c(Cl)cccc1Cl. The van der Waals surface area contributed by atoms with Gasteiger partial charge in [-0.25, -0.2) is 0 Å². The van der Waals surface area contributed by atoms with Gasteiger partial charge < -0.3 is 10.5 Å². The van der Waals surface area contributed by atoms with Gasteiger partial charge in [0.15, 0.2) is 0 Å². The maximum absolute atomic E-state index is 6.22. The lowest BCUT2D eigenvalue weighted by Gasteiger charge is -2.24. The van der Waals surface area contributed by atoms with Crippen molar-refractivity contribution in [2.24, 2.45) is 5.73 Å². The molecule has 0 radical (unpaired) electrons. The van der Waals surface area contributed by atoms with Crippen LogP contribution in [0.1, 0.15) is 32.3 Å². The number of hydrogen-bond acceptors (Lipinski definition) is 2. The largest absolute Gasteiger partial charge is 0.377 e. The van der Waals surface area contributed by atoms with Crippen molar-refractivity contribution in [2.75, 3.05) is 6.61 Å². The van der Waals surface area contributed by atoms with Crippen molar-refractivity contribution < 1.29 is 4.74 Å². The first-order valence-corrected chi connectivity index (χ1v) is 7.15. The molecule has 4 heteroatoms. The van der Waals surface area contributed by atoms with Gasteiger partial charge in [0.2, 0.25) is 0 Å². The number of ether oxygens (including phenoxy) is 1. The summed E-state index contributed by atoms with van der Waals surface area (Å²) in [5.41, 5.74) is 7.13. The molecule has 0 aliphatic carbocycles. The van der Waals surface area contributed by atoms with Gasteiger partial charge >= 0.3 is 0 Å². The van der Waals surface area contributed by atoms with Crippen molar-refractivity contribution in [3.05, 3.63) is 33.8 Å².